The highest BCUT2D eigenvalue weighted by Gasteiger charge is 2.86. The van der Waals surface area contributed by atoms with Crippen LogP contribution in [0.25, 0.3) is 6.08 Å². The second-order valence-corrected chi connectivity index (χ2v) is 20.1. The van der Waals surface area contributed by atoms with Crippen molar-refractivity contribution in [2.24, 2.45) is 50.7 Å². The van der Waals surface area contributed by atoms with Gasteiger partial charge in [-0.3, -0.25) is 19.2 Å². The largest absolute Gasteiger partial charge is 0.462 e. The monoisotopic (exact) mass is 804 g/mol. The summed E-state index contributed by atoms with van der Waals surface area (Å²) in [5.41, 5.74) is -1.20. The Balaban J connectivity index is 1.17. The van der Waals surface area contributed by atoms with Gasteiger partial charge in [-0.15, -0.1) is 0 Å². The van der Waals surface area contributed by atoms with Crippen molar-refractivity contribution in [2.75, 3.05) is 0 Å². The van der Waals surface area contributed by atoms with E-state index in [1.807, 2.05) is 30.3 Å². The molecule has 6 aliphatic rings. The minimum absolute atomic E-state index is 0.0726. The molecule has 1 aromatic rings. The molecular formula is C47H64O11. The molecule has 7 rings (SSSR count). The molecule has 0 amide bonds. The van der Waals surface area contributed by atoms with Crippen molar-refractivity contribution in [3.8, 4) is 0 Å². The van der Waals surface area contributed by atoms with Crippen molar-refractivity contribution in [3.05, 3.63) is 42.0 Å². The van der Waals surface area contributed by atoms with Gasteiger partial charge in [-0.2, -0.15) is 0 Å². The Morgan fingerprint density at radius 1 is 0.776 bits per heavy atom. The molecule has 58 heavy (non-hydrogen) atoms. The van der Waals surface area contributed by atoms with E-state index >= 15 is 0 Å². The lowest BCUT2D eigenvalue weighted by Gasteiger charge is -2.68. The second kappa shape index (κ2) is 14.8. The molecule has 1 heterocycles. The van der Waals surface area contributed by atoms with Gasteiger partial charge in [-0.25, -0.2) is 4.79 Å². The average Bonchev–Trinajstić information content (AvgIpc) is 3.47. The Morgan fingerprint density at radius 3 is 2.10 bits per heavy atom. The van der Waals surface area contributed by atoms with E-state index in [0.29, 0.717) is 12.8 Å². The van der Waals surface area contributed by atoms with E-state index in [1.54, 1.807) is 19.9 Å². The molecule has 1 aliphatic heterocycles. The molecule has 0 N–H and O–H groups in total. The SMILES string of the molecule is CC(=O)O[C@@H]1O[C@H]([C@H](OC(C)=O)C(C)(C)OC(C)=O)C[C@@H]1[C@@H]1CC[C@]23C[C@]12CC[C@@H]1[C@@]2(C)CC[C@@H](OC(=O)/C=C/c4ccccc4)C(C)(C)[C@@H]2C[C@@H](OC(C)=O)[C@]13C. The molecule has 5 aliphatic carbocycles. The Labute approximate surface area is 343 Å². The Kier molecular flexibility index (Phi) is 10.8. The van der Waals surface area contributed by atoms with Crippen LogP contribution in [0.1, 0.15) is 133 Å². The lowest BCUT2D eigenvalue weighted by atomic mass is 9.37. The standard InChI is InChI=1S/C47H64O11/c1-27(48)53-38-25-36-42(5,6)37(57-39(52)17-16-31-14-12-11-13-15-31)20-21-44(36,9)35-19-22-46-26-47(46,45(35,38)10)23-18-33(46)32-24-34(56-41(32)55-29(3)50)40(54-28(2)49)43(7,8)58-30(4)51/h11-17,32-38,40-41H,18-26H2,1-10H3/b17-16+/t32-,33+,34+,35-,36+,37-,38-,40+,41-,44-,45+,46-,47-/m1/s1. The summed E-state index contributed by atoms with van der Waals surface area (Å²) in [7, 11) is 0. The number of esters is 5. The highest BCUT2D eigenvalue weighted by Crippen LogP contribution is 2.91. The molecule has 11 heteroatoms. The topological polar surface area (TPSA) is 141 Å². The van der Waals surface area contributed by atoms with Gasteiger partial charge in [0.2, 0.25) is 6.29 Å². The molecule has 0 bridgehead atoms. The van der Waals surface area contributed by atoms with E-state index in [2.05, 4.69) is 27.7 Å². The van der Waals surface area contributed by atoms with Gasteiger partial charge in [0.05, 0.1) is 0 Å². The summed E-state index contributed by atoms with van der Waals surface area (Å²) in [5, 5.41) is 0. The van der Waals surface area contributed by atoms with Gasteiger partial charge in [-0.05, 0) is 117 Å². The quantitative estimate of drug-likeness (QED) is 0.129. The first-order valence-electron chi connectivity index (χ1n) is 21.4. The third-order valence-electron chi connectivity index (χ3n) is 16.5. The van der Waals surface area contributed by atoms with Crippen LogP contribution < -0.4 is 0 Å². The molecule has 0 spiro atoms. The normalized spacial score (nSPS) is 40.2. The summed E-state index contributed by atoms with van der Waals surface area (Å²) in [5.74, 6) is -1.74. The van der Waals surface area contributed by atoms with Crippen molar-refractivity contribution in [3.63, 3.8) is 0 Å². The maximum absolute atomic E-state index is 13.2. The van der Waals surface area contributed by atoms with Crippen molar-refractivity contribution in [1.29, 1.82) is 0 Å². The number of rotatable bonds is 10. The van der Waals surface area contributed by atoms with Crippen LogP contribution in [0, 0.1) is 50.7 Å². The fraction of sp³-hybridized carbons (Fsp3) is 0.723. The molecule has 0 aromatic heterocycles. The first kappa shape index (κ1) is 42.4. The summed E-state index contributed by atoms with van der Waals surface area (Å²) in [4.78, 5) is 63.4. The fourth-order valence-corrected chi connectivity index (χ4v) is 14.5. The predicted octanol–water partition coefficient (Wildman–Crippen LogP) is 8.16. The third-order valence-corrected chi connectivity index (χ3v) is 16.5. The van der Waals surface area contributed by atoms with Gasteiger partial charge in [-0.1, -0.05) is 58.0 Å². The lowest BCUT2D eigenvalue weighted by molar-refractivity contribution is -0.251. The zero-order chi connectivity index (χ0) is 42.2. The van der Waals surface area contributed by atoms with Gasteiger partial charge in [0.25, 0.3) is 0 Å². The smallest absolute Gasteiger partial charge is 0.331 e. The molecule has 6 fully saturated rings. The van der Waals surface area contributed by atoms with Crippen LogP contribution in [-0.2, 0) is 52.4 Å². The first-order chi connectivity index (χ1) is 27.1. The number of hydrogen-bond donors (Lipinski definition) is 0. The minimum atomic E-state index is -1.20. The highest BCUT2D eigenvalue weighted by molar-refractivity contribution is 5.87. The van der Waals surface area contributed by atoms with E-state index in [-0.39, 0.29) is 74.9 Å². The van der Waals surface area contributed by atoms with Gasteiger partial charge >= 0.3 is 29.8 Å². The van der Waals surface area contributed by atoms with Gasteiger partial charge < -0.3 is 28.4 Å². The number of hydrogen-bond acceptors (Lipinski definition) is 11. The van der Waals surface area contributed by atoms with Crippen LogP contribution >= 0.6 is 0 Å². The van der Waals surface area contributed by atoms with Crippen LogP contribution in [0.3, 0.4) is 0 Å². The number of fused-ring (bicyclic) bond motifs is 3. The van der Waals surface area contributed by atoms with Gasteiger partial charge in [0.15, 0.2) is 6.10 Å². The predicted molar refractivity (Wildman–Crippen MR) is 213 cm³/mol. The first-order valence-corrected chi connectivity index (χ1v) is 21.4. The van der Waals surface area contributed by atoms with Crippen molar-refractivity contribution in [1.82, 2.24) is 0 Å². The summed E-state index contributed by atoms with van der Waals surface area (Å²) < 4.78 is 36.7. The molecule has 13 atom stereocenters. The van der Waals surface area contributed by atoms with Crippen LogP contribution in [0.4, 0.5) is 0 Å². The Bertz CT molecular complexity index is 1840. The molecule has 1 saturated heterocycles. The highest BCUT2D eigenvalue weighted by atomic mass is 16.7. The van der Waals surface area contributed by atoms with E-state index < -0.39 is 42.0 Å². The molecule has 1 aromatic carbocycles. The van der Waals surface area contributed by atoms with Crippen molar-refractivity contribution >= 4 is 35.9 Å². The van der Waals surface area contributed by atoms with E-state index in [0.717, 1.165) is 50.5 Å². The van der Waals surface area contributed by atoms with Crippen LogP contribution in [-0.4, -0.2) is 66.2 Å². The van der Waals surface area contributed by atoms with Crippen LogP contribution in [0.2, 0.25) is 0 Å². The molecule has 318 valence electrons. The van der Waals surface area contributed by atoms with Crippen LogP contribution in [0.15, 0.2) is 36.4 Å². The third kappa shape index (κ3) is 6.79. The molecule has 11 nitrogen and oxygen atoms in total. The molecule has 0 radical (unpaired) electrons. The van der Waals surface area contributed by atoms with Crippen molar-refractivity contribution in [2.45, 2.75) is 163 Å². The molecular weight excluding hydrogens is 741 g/mol. The zero-order valence-corrected chi connectivity index (χ0v) is 36.1. The fourth-order valence-electron chi connectivity index (χ4n) is 14.5. The van der Waals surface area contributed by atoms with Gasteiger partial charge in [0, 0.05) is 50.5 Å². The maximum atomic E-state index is 13.2. The number of benzene rings is 1. The van der Waals surface area contributed by atoms with Crippen LogP contribution in [0.5, 0.6) is 0 Å². The van der Waals surface area contributed by atoms with E-state index in [1.165, 1.54) is 33.8 Å². The average molecular weight is 805 g/mol. The zero-order valence-electron chi connectivity index (χ0n) is 36.1. The summed E-state index contributed by atoms with van der Waals surface area (Å²) in [6, 6.07) is 9.71. The molecule has 5 saturated carbocycles. The van der Waals surface area contributed by atoms with Gasteiger partial charge in [0.1, 0.15) is 23.9 Å². The van der Waals surface area contributed by atoms with Crippen molar-refractivity contribution < 1.29 is 52.4 Å². The number of carbonyl (C=O) groups excluding carboxylic acids is 5. The van der Waals surface area contributed by atoms with E-state index in [9.17, 15) is 24.0 Å². The molecule has 0 unspecified atom stereocenters. The lowest BCUT2D eigenvalue weighted by Crippen LogP contribution is -2.67. The summed E-state index contributed by atoms with van der Waals surface area (Å²) in [6.45, 7) is 18.2. The minimum Gasteiger partial charge on any atom is -0.462 e. The number of carbonyl (C=O) groups is 5. The summed E-state index contributed by atoms with van der Waals surface area (Å²) >= 11 is 0. The maximum Gasteiger partial charge on any atom is 0.331 e. The van der Waals surface area contributed by atoms with E-state index in [4.69, 9.17) is 28.4 Å². The Hall–Kier alpha value is -3.73. The number of ether oxygens (including phenoxy) is 6. The summed E-state index contributed by atoms with van der Waals surface area (Å²) in [6.07, 6.45) is 7.88. The Morgan fingerprint density at radius 2 is 1.47 bits per heavy atom. The second-order valence-electron chi connectivity index (χ2n) is 20.1.